The number of aryl methyl sites for hydroxylation is 1. The Morgan fingerprint density at radius 3 is 2.89 bits per heavy atom. The van der Waals surface area contributed by atoms with Crippen LogP contribution < -0.4 is 0 Å². The standard InChI is InChI=1S/C17H17ClFN5O3S/c1-23-10-20-17(14(23)18)28(25,26)24-7-3-5-12(9-24)16-21-15(22-27-16)11-4-2-6-13(19)8-11/h2,4,6,8,10,12H,3,5,7,9H2,1H3. The maximum atomic E-state index is 13.4. The van der Waals surface area contributed by atoms with Gasteiger partial charge in [-0.2, -0.15) is 9.29 Å². The molecule has 8 nitrogen and oxygen atoms in total. The van der Waals surface area contributed by atoms with Crippen LogP contribution in [0.4, 0.5) is 4.39 Å². The summed E-state index contributed by atoms with van der Waals surface area (Å²) in [6, 6.07) is 5.89. The summed E-state index contributed by atoms with van der Waals surface area (Å²) >= 11 is 6.07. The zero-order valence-corrected chi connectivity index (χ0v) is 16.5. The molecule has 2 aromatic heterocycles. The van der Waals surface area contributed by atoms with Gasteiger partial charge >= 0.3 is 0 Å². The molecule has 0 spiro atoms. The Kier molecular flexibility index (Phi) is 4.94. The van der Waals surface area contributed by atoms with Crippen LogP contribution in [0.15, 0.2) is 40.1 Å². The van der Waals surface area contributed by atoms with Crippen molar-refractivity contribution in [3.63, 3.8) is 0 Å². The first-order chi connectivity index (χ1) is 13.4. The topological polar surface area (TPSA) is 94.1 Å². The fraction of sp³-hybridized carbons (Fsp3) is 0.353. The van der Waals surface area contributed by atoms with Crippen molar-refractivity contribution >= 4 is 21.6 Å². The van der Waals surface area contributed by atoms with Crippen LogP contribution in [0, 0.1) is 5.82 Å². The highest BCUT2D eigenvalue weighted by molar-refractivity contribution is 7.89. The van der Waals surface area contributed by atoms with Crippen molar-refractivity contribution in [3.05, 3.63) is 47.5 Å². The Balaban J connectivity index is 1.57. The van der Waals surface area contributed by atoms with E-state index in [-0.39, 0.29) is 28.5 Å². The minimum Gasteiger partial charge on any atom is -0.339 e. The van der Waals surface area contributed by atoms with Crippen molar-refractivity contribution in [2.24, 2.45) is 7.05 Å². The molecule has 0 radical (unpaired) electrons. The lowest BCUT2D eigenvalue weighted by atomic mass is 10.00. The molecule has 11 heteroatoms. The zero-order valence-electron chi connectivity index (χ0n) is 14.9. The molecule has 1 unspecified atom stereocenters. The number of imidazole rings is 1. The largest absolute Gasteiger partial charge is 0.339 e. The first-order valence-electron chi connectivity index (χ1n) is 8.63. The molecule has 148 valence electrons. The summed E-state index contributed by atoms with van der Waals surface area (Å²) in [7, 11) is -2.21. The van der Waals surface area contributed by atoms with Crippen LogP contribution >= 0.6 is 11.6 Å². The highest BCUT2D eigenvalue weighted by Crippen LogP contribution is 2.32. The van der Waals surface area contributed by atoms with Crippen LogP contribution in [0.5, 0.6) is 0 Å². The lowest BCUT2D eigenvalue weighted by molar-refractivity contribution is 0.265. The zero-order chi connectivity index (χ0) is 19.9. The monoisotopic (exact) mass is 425 g/mol. The average molecular weight is 426 g/mol. The molecule has 0 amide bonds. The molecule has 1 atom stereocenters. The van der Waals surface area contributed by atoms with Gasteiger partial charge in [0.25, 0.3) is 10.0 Å². The first-order valence-corrected chi connectivity index (χ1v) is 10.4. The van der Waals surface area contributed by atoms with Gasteiger partial charge in [-0.25, -0.2) is 17.8 Å². The summed E-state index contributed by atoms with van der Waals surface area (Å²) in [6.45, 7) is 0.538. The van der Waals surface area contributed by atoms with Crippen LogP contribution in [-0.4, -0.2) is 45.5 Å². The van der Waals surface area contributed by atoms with E-state index in [1.807, 2.05) is 0 Å². The predicted octanol–water partition coefficient (Wildman–Crippen LogP) is 2.83. The molecule has 4 rings (SSSR count). The third-order valence-electron chi connectivity index (χ3n) is 4.68. The molecular weight excluding hydrogens is 409 g/mol. The third-order valence-corrected chi connectivity index (χ3v) is 7.03. The van der Waals surface area contributed by atoms with Gasteiger partial charge in [0.2, 0.25) is 16.7 Å². The van der Waals surface area contributed by atoms with Gasteiger partial charge in [-0.15, -0.1) is 0 Å². The Morgan fingerprint density at radius 2 is 2.18 bits per heavy atom. The van der Waals surface area contributed by atoms with E-state index in [4.69, 9.17) is 16.1 Å². The van der Waals surface area contributed by atoms with E-state index in [0.717, 1.165) is 0 Å². The SMILES string of the molecule is Cn1cnc(S(=O)(=O)N2CCCC(c3nc(-c4cccc(F)c4)no3)C2)c1Cl. The third kappa shape index (κ3) is 3.43. The van der Waals surface area contributed by atoms with Gasteiger partial charge in [-0.1, -0.05) is 28.9 Å². The van der Waals surface area contributed by atoms with Crippen molar-refractivity contribution in [2.45, 2.75) is 23.8 Å². The number of aromatic nitrogens is 4. The van der Waals surface area contributed by atoms with Crippen LogP contribution in [0.1, 0.15) is 24.7 Å². The summed E-state index contributed by atoms with van der Waals surface area (Å²) < 4.78 is 47.4. The maximum Gasteiger partial charge on any atom is 0.263 e. The van der Waals surface area contributed by atoms with E-state index >= 15 is 0 Å². The molecule has 3 heterocycles. The fourth-order valence-corrected chi connectivity index (χ4v) is 5.11. The van der Waals surface area contributed by atoms with E-state index in [1.165, 1.54) is 27.3 Å². The number of sulfonamides is 1. The van der Waals surface area contributed by atoms with Crippen molar-refractivity contribution in [3.8, 4) is 11.4 Å². The normalized spacial score (nSPS) is 18.5. The molecular formula is C17H17ClFN5O3S. The van der Waals surface area contributed by atoms with E-state index in [1.54, 1.807) is 19.2 Å². The fourth-order valence-electron chi connectivity index (χ4n) is 3.20. The number of piperidine rings is 1. The molecule has 0 saturated carbocycles. The Bertz CT molecular complexity index is 1110. The smallest absolute Gasteiger partial charge is 0.263 e. The van der Waals surface area contributed by atoms with Crippen LogP contribution in [0.3, 0.4) is 0 Å². The van der Waals surface area contributed by atoms with Crippen LogP contribution in [0.25, 0.3) is 11.4 Å². The molecule has 0 N–H and O–H groups in total. The van der Waals surface area contributed by atoms with E-state index in [9.17, 15) is 12.8 Å². The van der Waals surface area contributed by atoms with Gasteiger partial charge in [-0.3, -0.25) is 0 Å². The first kappa shape index (κ1) is 19.0. The second kappa shape index (κ2) is 7.26. The Morgan fingerprint density at radius 1 is 1.36 bits per heavy atom. The number of nitrogens with zero attached hydrogens (tertiary/aromatic N) is 5. The van der Waals surface area contributed by atoms with Crippen molar-refractivity contribution in [2.75, 3.05) is 13.1 Å². The van der Waals surface area contributed by atoms with Crippen molar-refractivity contribution < 1.29 is 17.3 Å². The van der Waals surface area contributed by atoms with E-state index in [0.29, 0.717) is 30.8 Å². The number of benzene rings is 1. The number of rotatable bonds is 4. The molecule has 0 bridgehead atoms. The maximum absolute atomic E-state index is 13.4. The molecule has 28 heavy (non-hydrogen) atoms. The number of halogens is 2. The van der Waals surface area contributed by atoms with Gasteiger partial charge in [0.1, 0.15) is 11.0 Å². The quantitative estimate of drug-likeness (QED) is 0.638. The highest BCUT2D eigenvalue weighted by atomic mass is 35.5. The van der Waals surface area contributed by atoms with Crippen LogP contribution in [0.2, 0.25) is 5.15 Å². The average Bonchev–Trinajstić information content (AvgIpc) is 3.30. The second-order valence-corrected chi connectivity index (χ2v) is 8.83. The summed E-state index contributed by atoms with van der Waals surface area (Å²) in [5, 5.41) is 3.81. The highest BCUT2D eigenvalue weighted by Gasteiger charge is 2.36. The minimum absolute atomic E-state index is 0.0632. The number of hydrogen-bond donors (Lipinski definition) is 0. The van der Waals surface area contributed by atoms with E-state index < -0.39 is 15.8 Å². The molecule has 1 fully saturated rings. The second-order valence-electron chi connectivity index (χ2n) is 6.62. The van der Waals surface area contributed by atoms with Gasteiger partial charge < -0.3 is 9.09 Å². The molecule has 1 aliphatic rings. The summed E-state index contributed by atoms with van der Waals surface area (Å²) in [5.74, 6) is -0.0691. The summed E-state index contributed by atoms with van der Waals surface area (Å²) in [6.07, 6.45) is 2.69. The molecule has 1 aliphatic heterocycles. The Labute approximate surface area is 166 Å². The van der Waals surface area contributed by atoms with Gasteiger partial charge in [0, 0.05) is 25.7 Å². The van der Waals surface area contributed by atoms with Crippen molar-refractivity contribution in [1.82, 2.24) is 24.0 Å². The van der Waals surface area contributed by atoms with Gasteiger partial charge in [-0.05, 0) is 25.0 Å². The summed E-state index contributed by atoms with van der Waals surface area (Å²) in [5.41, 5.74) is 0.496. The molecule has 1 saturated heterocycles. The van der Waals surface area contributed by atoms with E-state index in [2.05, 4.69) is 15.1 Å². The van der Waals surface area contributed by atoms with Gasteiger partial charge in [0.15, 0.2) is 0 Å². The number of hydrogen-bond acceptors (Lipinski definition) is 6. The van der Waals surface area contributed by atoms with Crippen LogP contribution in [-0.2, 0) is 17.1 Å². The Hall–Kier alpha value is -2.30. The predicted molar refractivity (Wildman–Crippen MR) is 98.6 cm³/mol. The molecule has 1 aromatic carbocycles. The summed E-state index contributed by atoms with van der Waals surface area (Å²) in [4.78, 5) is 8.27. The van der Waals surface area contributed by atoms with Crippen molar-refractivity contribution in [1.29, 1.82) is 0 Å². The van der Waals surface area contributed by atoms with Gasteiger partial charge in [0.05, 0.1) is 12.2 Å². The lowest BCUT2D eigenvalue weighted by Crippen LogP contribution is -2.39. The minimum atomic E-state index is -3.83. The molecule has 3 aromatic rings. The molecule has 0 aliphatic carbocycles. The lowest BCUT2D eigenvalue weighted by Gasteiger charge is -2.29.